The normalized spacial score (nSPS) is 10.5. The molecule has 0 atom stereocenters. The molecule has 0 aromatic carbocycles. The highest BCUT2D eigenvalue weighted by Crippen LogP contribution is 2.17. The number of hydrogen-bond donors (Lipinski definition) is 2. The van der Waals surface area contributed by atoms with Gasteiger partial charge in [0.05, 0.1) is 18.9 Å². The van der Waals surface area contributed by atoms with E-state index >= 15 is 0 Å². The third kappa shape index (κ3) is 2.86. The molecule has 1 aromatic heterocycles. The van der Waals surface area contributed by atoms with Crippen molar-refractivity contribution in [3.8, 4) is 0 Å². The van der Waals surface area contributed by atoms with Crippen molar-refractivity contribution in [1.82, 2.24) is 9.97 Å². The topological polar surface area (TPSA) is 69.5 Å². The Morgan fingerprint density at radius 1 is 1.25 bits per heavy atom. The zero-order chi connectivity index (χ0) is 12.0. The fraction of sp³-hybridized carbons (Fsp3) is 0.600. The molecule has 0 unspecified atom stereocenters. The summed E-state index contributed by atoms with van der Waals surface area (Å²) >= 11 is 0. The summed E-state index contributed by atoms with van der Waals surface area (Å²) in [6, 6.07) is 0. The second-order valence-corrected chi connectivity index (χ2v) is 3.25. The van der Waals surface area contributed by atoms with Crippen LogP contribution in [0.4, 0.5) is 10.2 Å². The van der Waals surface area contributed by atoms with Gasteiger partial charge < -0.3 is 15.1 Å². The first-order chi connectivity index (χ1) is 7.74. The Kier molecular flexibility index (Phi) is 5.07. The number of halogens is 1. The van der Waals surface area contributed by atoms with Crippen LogP contribution in [-0.4, -0.2) is 46.5 Å². The Bertz CT molecular complexity index is 330. The molecule has 16 heavy (non-hydrogen) atoms. The van der Waals surface area contributed by atoms with Crippen LogP contribution in [0.15, 0.2) is 6.33 Å². The van der Waals surface area contributed by atoms with Crippen molar-refractivity contribution in [2.24, 2.45) is 0 Å². The SMILES string of the molecule is CCc1ncnc(N(CCO)CCO)c1F. The summed E-state index contributed by atoms with van der Waals surface area (Å²) in [5.74, 6) is -0.346. The van der Waals surface area contributed by atoms with E-state index in [0.29, 0.717) is 12.1 Å². The van der Waals surface area contributed by atoms with E-state index in [1.54, 1.807) is 6.92 Å². The minimum absolute atomic E-state index is 0.120. The molecule has 1 aromatic rings. The van der Waals surface area contributed by atoms with Crippen molar-refractivity contribution in [3.05, 3.63) is 17.8 Å². The minimum Gasteiger partial charge on any atom is -0.395 e. The molecule has 0 saturated carbocycles. The molecule has 0 radical (unpaired) electrons. The van der Waals surface area contributed by atoms with E-state index in [1.165, 1.54) is 11.2 Å². The molecule has 0 amide bonds. The first-order valence-corrected chi connectivity index (χ1v) is 5.20. The van der Waals surface area contributed by atoms with Gasteiger partial charge in [-0.25, -0.2) is 14.4 Å². The smallest absolute Gasteiger partial charge is 0.187 e. The van der Waals surface area contributed by atoms with Crippen LogP contribution in [0.3, 0.4) is 0 Å². The zero-order valence-electron chi connectivity index (χ0n) is 9.23. The molecule has 0 aliphatic rings. The van der Waals surface area contributed by atoms with E-state index in [2.05, 4.69) is 9.97 Å². The van der Waals surface area contributed by atoms with Crippen molar-refractivity contribution < 1.29 is 14.6 Å². The Balaban J connectivity index is 2.98. The maximum Gasteiger partial charge on any atom is 0.187 e. The van der Waals surface area contributed by atoms with Gasteiger partial charge in [-0.3, -0.25) is 0 Å². The second kappa shape index (κ2) is 6.34. The van der Waals surface area contributed by atoms with Gasteiger partial charge in [0, 0.05) is 13.1 Å². The second-order valence-electron chi connectivity index (χ2n) is 3.25. The van der Waals surface area contributed by atoms with Gasteiger partial charge in [0.25, 0.3) is 0 Å². The molecule has 6 heteroatoms. The van der Waals surface area contributed by atoms with Gasteiger partial charge in [0.1, 0.15) is 6.33 Å². The standard InChI is InChI=1S/C10H16FN3O2/c1-2-8-9(11)10(13-7-12-8)14(3-5-15)4-6-16/h7,15-16H,2-6H2,1H3. The van der Waals surface area contributed by atoms with E-state index in [4.69, 9.17) is 10.2 Å². The van der Waals surface area contributed by atoms with Crippen LogP contribution in [0.1, 0.15) is 12.6 Å². The van der Waals surface area contributed by atoms with E-state index in [0.717, 1.165) is 0 Å². The molecule has 5 nitrogen and oxygen atoms in total. The van der Waals surface area contributed by atoms with Crippen LogP contribution in [-0.2, 0) is 6.42 Å². The molecule has 0 spiro atoms. The maximum absolute atomic E-state index is 13.8. The minimum atomic E-state index is -0.480. The summed E-state index contributed by atoms with van der Waals surface area (Å²) in [5.41, 5.74) is 0.339. The van der Waals surface area contributed by atoms with Crippen molar-refractivity contribution in [2.75, 3.05) is 31.2 Å². The lowest BCUT2D eigenvalue weighted by molar-refractivity contribution is 0.280. The van der Waals surface area contributed by atoms with Crippen LogP contribution >= 0.6 is 0 Å². The number of hydrogen-bond acceptors (Lipinski definition) is 5. The Morgan fingerprint density at radius 2 is 1.88 bits per heavy atom. The highest BCUT2D eigenvalue weighted by Gasteiger charge is 2.15. The highest BCUT2D eigenvalue weighted by molar-refractivity contribution is 5.40. The van der Waals surface area contributed by atoms with E-state index in [1.807, 2.05) is 0 Å². The van der Waals surface area contributed by atoms with Crippen LogP contribution in [0.5, 0.6) is 0 Å². The molecule has 90 valence electrons. The Hall–Kier alpha value is -1.27. The van der Waals surface area contributed by atoms with Gasteiger partial charge in [-0.05, 0) is 6.42 Å². The predicted octanol–water partition coefficient (Wildman–Crippen LogP) is -0.0309. The highest BCUT2D eigenvalue weighted by atomic mass is 19.1. The number of rotatable bonds is 6. The third-order valence-corrected chi connectivity index (χ3v) is 2.22. The van der Waals surface area contributed by atoms with E-state index in [9.17, 15) is 4.39 Å². The van der Waals surface area contributed by atoms with Crippen molar-refractivity contribution >= 4 is 5.82 Å². The number of aromatic nitrogens is 2. The molecule has 2 N–H and O–H groups in total. The average Bonchev–Trinajstić information content (AvgIpc) is 2.29. The predicted molar refractivity (Wildman–Crippen MR) is 57.8 cm³/mol. The lowest BCUT2D eigenvalue weighted by Crippen LogP contribution is -2.31. The van der Waals surface area contributed by atoms with Crippen LogP contribution in [0, 0.1) is 5.82 Å². The first kappa shape index (κ1) is 12.8. The number of aliphatic hydroxyl groups is 2. The molecular weight excluding hydrogens is 213 g/mol. The zero-order valence-corrected chi connectivity index (χ0v) is 9.23. The summed E-state index contributed by atoms with van der Waals surface area (Å²) in [7, 11) is 0. The van der Waals surface area contributed by atoms with Gasteiger partial charge >= 0.3 is 0 Å². The molecule has 1 rings (SSSR count). The molecule has 0 fully saturated rings. The fourth-order valence-corrected chi connectivity index (χ4v) is 1.43. The van der Waals surface area contributed by atoms with E-state index in [-0.39, 0.29) is 32.1 Å². The number of aliphatic hydroxyl groups excluding tert-OH is 2. The molecule has 0 aliphatic heterocycles. The Morgan fingerprint density at radius 3 is 2.38 bits per heavy atom. The van der Waals surface area contributed by atoms with E-state index < -0.39 is 5.82 Å². The summed E-state index contributed by atoms with van der Waals surface area (Å²) in [4.78, 5) is 9.16. The van der Waals surface area contributed by atoms with Gasteiger partial charge in [-0.1, -0.05) is 6.92 Å². The molecule has 0 saturated heterocycles. The molecular formula is C10H16FN3O2. The van der Waals surface area contributed by atoms with Gasteiger partial charge in [0.15, 0.2) is 11.6 Å². The van der Waals surface area contributed by atoms with Crippen molar-refractivity contribution in [3.63, 3.8) is 0 Å². The Labute approximate surface area is 93.6 Å². The average molecular weight is 229 g/mol. The number of anilines is 1. The molecule has 1 heterocycles. The summed E-state index contributed by atoms with van der Waals surface area (Å²) in [6.45, 7) is 2.03. The van der Waals surface area contributed by atoms with Crippen LogP contribution in [0.2, 0.25) is 0 Å². The lowest BCUT2D eigenvalue weighted by atomic mass is 10.3. The number of nitrogens with zero attached hydrogens (tertiary/aromatic N) is 3. The lowest BCUT2D eigenvalue weighted by Gasteiger charge is -2.22. The quantitative estimate of drug-likeness (QED) is 0.717. The van der Waals surface area contributed by atoms with Crippen LogP contribution < -0.4 is 4.90 Å². The third-order valence-electron chi connectivity index (χ3n) is 2.22. The fourth-order valence-electron chi connectivity index (χ4n) is 1.43. The van der Waals surface area contributed by atoms with Crippen molar-refractivity contribution in [2.45, 2.75) is 13.3 Å². The monoisotopic (exact) mass is 229 g/mol. The van der Waals surface area contributed by atoms with Gasteiger partial charge in [-0.2, -0.15) is 0 Å². The largest absolute Gasteiger partial charge is 0.395 e. The maximum atomic E-state index is 13.8. The molecule has 0 aliphatic carbocycles. The van der Waals surface area contributed by atoms with Gasteiger partial charge in [0.2, 0.25) is 0 Å². The molecule has 0 bridgehead atoms. The summed E-state index contributed by atoms with van der Waals surface area (Å²) in [5, 5.41) is 17.7. The summed E-state index contributed by atoms with van der Waals surface area (Å²) < 4.78 is 13.8. The number of aryl methyl sites for hydroxylation is 1. The van der Waals surface area contributed by atoms with Gasteiger partial charge in [-0.15, -0.1) is 0 Å². The summed E-state index contributed by atoms with van der Waals surface area (Å²) in [6.07, 6.45) is 1.77. The van der Waals surface area contributed by atoms with Crippen LogP contribution in [0.25, 0.3) is 0 Å². The first-order valence-electron chi connectivity index (χ1n) is 5.20. The van der Waals surface area contributed by atoms with Crippen molar-refractivity contribution in [1.29, 1.82) is 0 Å².